The Morgan fingerprint density at radius 3 is 2.20 bits per heavy atom. The van der Waals surface area contributed by atoms with Crippen LogP contribution in [0.2, 0.25) is 0 Å². The fourth-order valence-electron chi connectivity index (χ4n) is 6.50. The molecule has 3 heterocycles. The Morgan fingerprint density at radius 1 is 0.500 bits per heavy atom. The minimum absolute atomic E-state index is 1.04. The molecule has 0 atom stereocenters. The zero-order valence-electron chi connectivity index (χ0n) is 21.5. The number of para-hydroxylation sites is 2. The summed E-state index contributed by atoms with van der Waals surface area (Å²) in [6.45, 7) is 0. The largest absolute Gasteiger partial charge is 0.309 e. The summed E-state index contributed by atoms with van der Waals surface area (Å²) in [5, 5.41) is 8.73. The first kappa shape index (κ1) is 21.9. The van der Waals surface area contributed by atoms with E-state index in [-0.39, 0.29) is 0 Å². The molecule has 6 aromatic carbocycles. The maximum absolute atomic E-state index is 4.98. The number of thiophene rings is 1. The number of aromatic nitrogens is 2. The highest BCUT2D eigenvalue weighted by molar-refractivity contribution is 7.25. The van der Waals surface area contributed by atoms with Crippen LogP contribution in [-0.4, -0.2) is 9.55 Å². The lowest BCUT2D eigenvalue weighted by Gasteiger charge is -2.13. The third-order valence-corrected chi connectivity index (χ3v) is 9.34. The summed E-state index contributed by atoms with van der Waals surface area (Å²) in [6.07, 6.45) is 1.92. The van der Waals surface area contributed by atoms with E-state index in [9.17, 15) is 0 Å². The molecule has 2 nitrogen and oxygen atoms in total. The zero-order valence-corrected chi connectivity index (χ0v) is 22.3. The first-order valence-corrected chi connectivity index (χ1v) is 14.4. The van der Waals surface area contributed by atoms with Gasteiger partial charge in [0, 0.05) is 53.6 Å². The van der Waals surface area contributed by atoms with E-state index in [2.05, 4.69) is 132 Å². The van der Waals surface area contributed by atoms with Crippen LogP contribution in [0.1, 0.15) is 0 Å². The van der Waals surface area contributed by atoms with Crippen LogP contribution >= 0.6 is 11.3 Å². The molecule has 0 radical (unpaired) electrons. The fraction of sp³-hybridized carbons (Fsp3) is 0. The molecular formula is C37H22N2S. The lowest BCUT2D eigenvalue weighted by Crippen LogP contribution is -1.93. The van der Waals surface area contributed by atoms with E-state index in [1.165, 1.54) is 69.3 Å². The van der Waals surface area contributed by atoms with Crippen LogP contribution in [0.3, 0.4) is 0 Å². The second-order valence-corrected chi connectivity index (χ2v) is 11.5. The van der Waals surface area contributed by atoms with Crippen LogP contribution in [0.15, 0.2) is 134 Å². The number of rotatable bonds is 2. The number of fused-ring (bicyclic) bond motifs is 9. The minimum atomic E-state index is 1.04. The van der Waals surface area contributed by atoms with E-state index in [1.807, 2.05) is 17.5 Å². The molecule has 0 amide bonds. The summed E-state index contributed by atoms with van der Waals surface area (Å²) < 4.78 is 5.02. The zero-order chi connectivity index (χ0) is 26.2. The molecule has 40 heavy (non-hydrogen) atoms. The van der Waals surface area contributed by atoms with Crippen molar-refractivity contribution in [3.05, 3.63) is 134 Å². The Bertz CT molecular complexity index is 2430. The maximum Gasteiger partial charge on any atom is 0.0787 e. The number of hydrogen-bond donors (Lipinski definition) is 0. The van der Waals surface area contributed by atoms with Gasteiger partial charge >= 0.3 is 0 Å². The predicted molar refractivity (Wildman–Crippen MR) is 172 cm³/mol. The van der Waals surface area contributed by atoms with E-state index in [0.29, 0.717) is 0 Å². The summed E-state index contributed by atoms with van der Waals surface area (Å²) in [6, 6.07) is 46.2. The maximum atomic E-state index is 4.98. The molecule has 0 fully saturated rings. The van der Waals surface area contributed by atoms with Crippen molar-refractivity contribution in [2.75, 3.05) is 0 Å². The smallest absolute Gasteiger partial charge is 0.0787 e. The van der Waals surface area contributed by atoms with Gasteiger partial charge < -0.3 is 4.57 Å². The van der Waals surface area contributed by atoms with E-state index in [0.717, 1.165) is 11.2 Å². The Hall–Kier alpha value is -4.99. The van der Waals surface area contributed by atoms with Crippen LogP contribution < -0.4 is 0 Å². The number of nitrogens with zero attached hydrogens (tertiary/aromatic N) is 2. The molecule has 0 N–H and O–H groups in total. The quantitative estimate of drug-likeness (QED) is 0.205. The first-order chi connectivity index (χ1) is 19.8. The molecule has 0 bridgehead atoms. The van der Waals surface area contributed by atoms with Gasteiger partial charge in [0.05, 0.1) is 16.6 Å². The minimum Gasteiger partial charge on any atom is -0.309 e. The van der Waals surface area contributed by atoms with Gasteiger partial charge in [-0.1, -0.05) is 72.8 Å². The Kier molecular flexibility index (Phi) is 4.52. The summed E-state index contributed by atoms with van der Waals surface area (Å²) >= 11 is 1.87. The standard InChI is InChI=1S/C37H22N2S/c1-2-10-24(11-3-1)39-32-16-6-4-12-25(32)31-21-23-20-30(27-15-9-19-38-37(27)29(23)22-33(31)39)26-14-8-18-35-36(26)28-13-5-7-17-34(28)40-35/h1-22H. The number of benzene rings is 6. The Labute approximate surface area is 234 Å². The van der Waals surface area contributed by atoms with Gasteiger partial charge in [0.2, 0.25) is 0 Å². The van der Waals surface area contributed by atoms with Crippen molar-refractivity contribution < 1.29 is 0 Å². The second-order valence-electron chi connectivity index (χ2n) is 10.4. The highest BCUT2D eigenvalue weighted by Gasteiger charge is 2.18. The van der Waals surface area contributed by atoms with Crippen LogP contribution in [0, 0.1) is 0 Å². The molecule has 0 spiro atoms. The van der Waals surface area contributed by atoms with Crippen LogP contribution in [0.4, 0.5) is 0 Å². The molecule has 0 aliphatic carbocycles. The SMILES string of the molecule is c1ccc(-n2c3ccccc3c3cc4cc(-c5cccc6sc7ccccc7c56)c5cccnc5c4cc32)cc1. The van der Waals surface area contributed by atoms with E-state index in [1.54, 1.807) is 0 Å². The summed E-state index contributed by atoms with van der Waals surface area (Å²) in [5.41, 5.74) is 7.12. The van der Waals surface area contributed by atoms with Crippen molar-refractivity contribution in [2.24, 2.45) is 0 Å². The highest BCUT2D eigenvalue weighted by atomic mass is 32.1. The van der Waals surface area contributed by atoms with Crippen molar-refractivity contribution in [1.82, 2.24) is 9.55 Å². The van der Waals surface area contributed by atoms with Gasteiger partial charge in [-0.25, -0.2) is 0 Å². The lowest BCUT2D eigenvalue weighted by molar-refractivity contribution is 1.18. The molecule has 3 aromatic heterocycles. The van der Waals surface area contributed by atoms with Gasteiger partial charge in [0.1, 0.15) is 0 Å². The molecule has 0 aliphatic rings. The molecule has 9 rings (SSSR count). The van der Waals surface area contributed by atoms with Crippen LogP contribution in [-0.2, 0) is 0 Å². The predicted octanol–water partition coefficient (Wildman–Crippen LogP) is 10.5. The van der Waals surface area contributed by atoms with E-state index >= 15 is 0 Å². The summed E-state index contributed by atoms with van der Waals surface area (Å²) in [7, 11) is 0. The number of pyridine rings is 1. The Morgan fingerprint density at radius 2 is 1.27 bits per heavy atom. The van der Waals surface area contributed by atoms with Gasteiger partial charge in [-0.3, -0.25) is 4.98 Å². The van der Waals surface area contributed by atoms with Crippen LogP contribution in [0.25, 0.3) is 80.5 Å². The Balaban J connectivity index is 1.44. The number of hydrogen-bond acceptors (Lipinski definition) is 2. The molecule has 0 unspecified atom stereocenters. The monoisotopic (exact) mass is 526 g/mol. The van der Waals surface area contributed by atoms with Gasteiger partial charge in [-0.05, 0) is 71.1 Å². The lowest BCUT2D eigenvalue weighted by atomic mass is 9.92. The summed E-state index contributed by atoms with van der Waals surface area (Å²) in [4.78, 5) is 4.98. The van der Waals surface area contributed by atoms with Gasteiger partial charge in [0.15, 0.2) is 0 Å². The van der Waals surface area contributed by atoms with E-state index in [4.69, 9.17) is 4.98 Å². The van der Waals surface area contributed by atoms with Gasteiger partial charge in [-0.2, -0.15) is 0 Å². The molecule has 0 saturated heterocycles. The van der Waals surface area contributed by atoms with Crippen LogP contribution in [0.5, 0.6) is 0 Å². The molecule has 3 heteroatoms. The topological polar surface area (TPSA) is 17.8 Å². The van der Waals surface area contributed by atoms with E-state index < -0.39 is 0 Å². The average Bonchev–Trinajstić information content (AvgIpc) is 3.56. The van der Waals surface area contributed by atoms with Crippen molar-refractivity contribution in [3.8, 4) is 16.8 Å². The molecule has 0 aliphatic heterocycles. The third-order valence-electron chi connectivity index (χ3n) is 8.20. The third kappa shape index (κ3) is 3.01. The molecule has 0 saturated carbocycles. The normalized spacial score (nSPS) is 12.0. The van der Waals surface area contributed by atoms with Gasteiger partial charge in [-0.15, -0.1) is 11.3 Å². The second kappa shape index (κ2) is 8.25. The first-order valence-electron chi connectivity index (χ1n) is 13.6. The molecule has 186 valence electrons. The highest BCUT2D eigenvalue weighted by Crippen LogP contribution is 2.44. The van der Waals surface area contributed by atoms with Crippen molar-refractivity contribution in [3.63, 3.8) is 0 Å². The molecular weight excluding hydrogens is 504 g/mol. The fourth-order valence-corrected chi connectivity index (χ4v) is 7.64. The summed E-state index contributed by atoms with van der Waals surface area (Å²) in [5.74, 6) is 0. The van der Waals surface area contributed by atoms with Crippen molar-refractivity contribution >= 4 is 75.0 Å². The van der Waals surface area contributed by atoms with Crippen molar-refractivity contribution in [2.45, 2.75) is 0 Å². The van der Waals surface area contributed by atoms with Crippen molar-refractivity contribution in [1.29, 1.82) is 0 Å². The van der Waals surface area contributed by atoms with Gasteiger partial charge in [0.25, 0.3) is 0 Å². The molecule has 9 aromatic rings. The average molecular weight is 527 g/mol.